The molecule has 28 heavy (non-hydrogen) atoms. The van der Waals surface area contributed by atoms with E-state index in [2.05, 4.69) is 36.6 Å². The summed E-state index contributed by atoms with van der Waals surface area (Å²) in [6, 6.07) is 1.13. The molecule has 1 aliphatic heterocycles. The second kappa shape index (κ2) is 6.60. The number of urea groups is 1. The summed E-state index contributed by atoms with van der Waals surface area (Å²) in [6.45, 7) is 11.9. The first-order chi connectivity index (χ1) is 12.8. The number of nitrogens with zero attached hydrogens (tertiary/aromatic N) is 2. The van der Waals surface area contributed by atoms with Gasteiger partial charge in [-0.1, -0.05) is 46.7 Å². The topological polar surface area (TPSA) is 105 Å². The number of hydrogen-bond donors (Lipinski definition) is 2. The van der Waals surface area contributed by atoms with Crippen LogP contribution in [0.15, 0.2) is 10.6 Å². The molecular weight excluding hydrogens is 360 g/mol. The molecular formula is C20H30N4O4. The van der Waals surface area contributed by atoms with Gasteiger partial charge in [0.05, 0.1) is 5.69 Å². The summed E-state index contributed by atoms with van der Waals surface area (Å²) >= 11 is 0. The van der Waals surface area contributed by atoms with Crippen molar-refractivity contribution < 1.29 is 18.9 Å². The number of carbonyl (C=O) groups excluding carboxylic acids is 3. The van der Waals surface area contributed by atoms with Crippen molar-refractivity contribution in [3.8, 4) is 0 Å². The first-order valence-corrected chi connectivity index (χ1v) is 9.73. The molecule has 1 aromatic rings. The molecule has 0 bridgehead atoms. The Morgan fingerprint density at radius 3 is 2.61 bits per heavy atom. The molecule has 0 radical (unpaired) electrons. The van der Waals surface area contributed by atoms with Gasteiger partial charge >= 0.3 is 6.03 Å². The monoisotopic (exact) mass is 390 g/mol. The fourth-order valence-electron chi connectivity index (χ4n) is 4.66. The Hall–Kier alpha value is -2.38. The number of aromatic nitrogens is 1. The van der Waals surface area contributed by atoms with Crippen molar-refractivity contribution in [2.24, 2.45) is 11.3 Å². The molecule has 2 unspecified atom stereocenters. The Labute approximate surface area is 165 Å². The van der Waals surface area contributed by atoms with E-state index in [9.17, 15) is 14.4 Å². The smallest absolute Gasteiger partial charge is 0.325 e. The summed E-state index contributed by atoms with van der Waals surface area (Å²) in [6.07, 6.45) is 2.17. The van der Waals surface area contributed by atoms with Crippen LogP contribution in [0, 0.1) is 11.3 Å². The predicted octanol–water partition coefficient (Wildman–Crippen LogP) is 3.05. The zero-order valence-corrected chi connectivity index (χ0v) is 17.5. The van der Waals surface area contributed by atoms with E-state index in [0.29, 0.717) is 24.5 Å². The molecule has 1 aliphatic carbocycles. The first kappa shape index (κ1) is 20.4. The van der Waals surface area contributed by atoms with Gasteiger partial charge in [-0.2, -0.15) is 0 Å². The van der Waals surface area contributed by atoms with Crippen LogP contribution in [0.3, 0.4) is 0 Å². The van der Waals surface area contributed by atoms with Gasteiger partial charge in [0.15, 0.2) is 0 Å². The zero-order valence-electron chi connectivity index (χ0n) is 17.5. The van der Waals surface area contributed by atoms with Crippen LogP contribution in [0.4, 0.5) is 10.7 Å². The van der Waals surface area contributed by atoms with E-state index in [0.717, 1.165) is 11.3 Å². The fourth-order valence-corrected chi connectivity index (χ4v) is 4.66. The van der Waals surface area contributed by atoms with Crippen molar-refractivity contribution in [1.82, 2.24) is 15.4 Å². The predicted molar refractivity (Wildman–Crippen MR) is 104 cm³/mol. The van der Waals surface area contributed by atoms with Crippen LogP contribution in [-0.4, -0.2) is 40.0 Å². The van der Waals surface area contributed by atoms with Crippen LogP contribution in [-0.2, 0) is 15.0 Å². The quantitative estimate of drug-likeness (QED) is 0.772. The van der Waals surface area contributed by atoms with E-state index < -0.39 is 17.5 Å². The molecule has 4 amide bonds. The van der Waals surface area contributed by atoms with Crippen molar-refractivity contribution in [1.29, 1.82) is 0 Å². The highest BCUT2D eigenvalue weighted by molar-refractivity contribution is 6.10. The molecule has 3 rings (SSSR count). The minimum atomic E-state index is -0.913. The van der Waals surface area contributed by atoms with Crippen molar-refractivity contribution in [2.45, 2.75) is 71.8 Å². The standard InChI is InChI=1S/C20H30N4O4/c1-12-8-19(5,6)11-20(9-12)16(26)24(17(27)22-20)10-14(25)21-15-7-13(23-28-15)18(2,3)4/h7,12H,8-11H2,1-6H3,(H,21,25)(H,22,27). The van der Waals surface area contributed by atoms with Gasteiger partial charge in [-0.25, -0.2) is 4.79 Å². The number of nitrogens with one attached hydrogen (secondary N) is 2. The molecule has 2 aliphatic rings. The number of rotatable bonds is 3. The number of hydrogen-bond acceptors (Lipinski definition) is 5. The van der Waals surface area contributed by atoms with Crippen LogP contribution in [0.25, 0.3) is 0 Å². The molecule has 2 atom stereocenters. The van der Waals surface area contributed by atoms with E-state index >= 15 is 0 Å². The molecule has 2 N–H and O–H groups in total. The van der Waals surface area contributed by atoms with Gasteiger partial charge in [0.2, 0.25) is 11.8 Å². The number of anilines is 1. The summed E-state index contributed by atoms with van der Waals surface area (Å²) in [5.74, 6) is -0.309. The minimum Gasteiger partial charge on any atom is -0.338 e. The maximum atomic E-state index is 13.1. The van der Waals surface area contributed by atoms with Gasteiger partial charge in [-0.05, 0) is 30.6 Å². The highest BCUT2D eigenvalue weighted by Gasteiger charge is 2.56. The van der Waals surface area contributed by atoms with Gasteiger partial charge in [0.25, 0.3) is 5.91 Å². The molecule has 2 fully saturated rings. The van der Waals surface area contributed by atoms with Crippen molar-refractivity contribution >= 4 is 23.7 Å². The average Bonchev–Trinajstić information content (AvgIpc) is 3.04. The molecule has 1 saturated carbocycles. The lowest BCUT2D eigenvalue weighted by Crippen LogP contribution is -2.54. The first-order valence-electron chi connectivity index (χ1n) is 9.73. The van der Waals surface area contributed by atoms with Crippen LogP contribution in [0.2, 0.25) is 0 Å². The van der Waals surface area contributed by atoms with Crippen LogP contribution in [0.1, 0.15) is 66.5 Å². The lowest BCUT2D eigenvalue weighted by atomic mass is 9.64. The molecule has 2 heterocycles. The molecule has 1 aromatic heterocycles. The summed E-state index contributed by atoms with van der Waals surface area (Å²) in [4.78, 5) is 39.0. The van der Waals surface area contributed by atoms with Crippen LogP contribution in [0.5, 0.6) is 0 Å². The molecule has 8 nitrogen and oxygen atoms in total. The number of imide groups is 1. The molecule has 1 spiro atoms. The third kappa shape index (κ3) is 3.91. The maximum Gasteiger partial charge on any atom is 0.325 e. The largest absolute Gasteiger partial charge is 0.338 e. The highest BCUT2D eigenvalue weighted by atomic mass is 16.5. The van der Waals surface area contributed by atoms with E-state index in [1.54, 1.807) is 6.07 Å². The molecule has 0 aromatic carbocycles. The van der Waals surface area contributed by atoms with Gasteiger partial charge in [-0.15, -0.1) is 0 Å². The molecule has 8 heteroatoms. The fraction of sp³-hybridized carbons (Fsp3) is 0.700. The van der Waals surface area contributed by atoms with E-state index in [1.807, 2.05) is 20.8 Å². The Balaban J connectivity index is 1.69. The zero-order chi connectivity index (χ0) is 20.9. The van der Waals surface area contributed by atoms with Crippen molar-refractivity contribution in [3.05, 3.63) is 11.8 Å². The third-order valence-corrected chi connectivity index (χ3v) is 5.47. The van der Waals surface area contributed by atoms with E-state index in [-0.39, 0.29) is 29.2 Å². The lowest BCUT2D eigenvalue weighted by Gasteiger charge is -2.43. The summed E-state index contributed by atoms with van der Waals surface area (Å²) in [5.41, 5.74) is -0.476. The summed E-state index contributed by atoms with van der Waals surface area (Å²) in [7, 11) is 0. The number of carbonyl (C=O) groups is 3. The third-order valence-electron chi connectivity index (χ3n) is 5.47. The Bertz CT molecular complexity index is 807. The SMILES string of the molecule is CC1CC(C)(C)CC2(C1)NC(=O)N(CC(=O)Nc1cc(C(C)(C)C)no1)C2=O. The second-order valence-corrected chi connectivity index (χ2v) is 10.1. The van der Waals surface area contributed by atoms with Crippen LogP contribution < -0.4 is 10.6 Å². The Kier molecular flexibility index (Phi) is 4.80. The average molecular weight is 390 g/mol. The number of amides is 4. The summed E-state index contributed by atoms with van der Waals surface area (Å²) < 4.78 is 5.15. The van der Waals surface area contributed by atoms with E-state index in [4.69, 9.17) is 4.52 Å². The molecule has 154 valence electrons. The van der Waals surface area contributed by atoms with Gasteiger partial charge in [0.1, 0.15) is 12.1 Å². The van der Waals surface area contributed by atoms with Crippen molar-refractivity contribution in [3.63, 3.8) is 0 Å². The highest BCUT2D eigenvalue weighted by Crippen LogP contribution is 2.46. The maximum absolute atomic E-state index is 13.1. The van der Waals surface area contributed by atoms with Gasteiger partial charge < -0.3 is 9.84 Å². The van der Waals surface area contributed by atoms with Crippen molar-refractivity contribution in [2.75, 3.05) is 11.9 Å². The Morgan fingerprint density at radius 1 is 1.36 bits per heavy atom. The second-order valence-electron chi connectivity index (χ2n) is 10.1. The Morgan fingerprint density at radius 2 is 2.04 bits per heavy atom. The minimum absolute atomic E-state index is 0.0535. The van der Waals surface area contributed by atoms with Gasteiger partial charge in [0, 0.05) is 11.5 Å². The lowest BCUT2D eigenvalue weighted by molar-refractivity contribution is -0.136. The normalized spacial score (nSPS) is 27.2. The van der Waals surface area contributed by atoms with Gasteiger partial charge in [-0.3, -0.25) is 19.8 Å². The molecule has 1 saturated heterocycles. The summed E-state index contributed by atoms with van der Waals surface area (Å²) in [5, 5.41) is 9.39. The van der Waals surface area contributed by atoms with Crippen LogP contribution >= 0.6 is 0 Å². The van der Waals surface area contributed by atoms with E-state index in [1.165, 1.54) is 0 Å².